The zero-order valence-corrected chi connectivity index (χ0v) is 15.8. The Balaban J connectivity index is 1.76. The lowest BCUT2D eigenvalue weighted by Crippen LogP contribution is -2.31. The van der Waals surface area contributed by atoms with Gasteiger partial charge in [-0.25, -0.2) is 9.97 Å². The molecule has 0 spiro atoms. The molecule has 0 saturated heterocycles. The first-order valence-corrected chi connectivity index (χ1v) is 9.01. The van der Waals surface area contributed by atoms with Crippen LogP contribution in [0, 0.1) is 11.3 Å². The van der Waals surface area contributed by atoms with Crippen molar-refractivity contribution in [2.24, 2.45) is 0 Å². The molecule has 3 rings (SSSR count). The number of aromatic nitrogens is 2. The normalized spacial score (nSPS) is 10.4. The van der Waals surface area contributed by atoms with E-state index >= 15 is 0 Å². The Hall–Kier alpha value is -3.72. The number of amides is 1. The van der Waals surface area contributed by atoms with Gasteiger partial charge in [0, 0.05) is 12.6 Å². The number of carbonyl (C=O) groups is 1. The van der Waals surface area contributed by atoms with E-state index in [4.69, 9.17) is 5.26 Å². The van der Waals surface area contributed by atoms with E-state index in [0.29, 0.717) is 23.6 Å². The molecule has 0 bridgehead atoms. The first kappa shape index (κ1) is 19.1. The van der Waals surface area contributed by atoms with E-state index in [1.807, 2.05) is 18.2 Å². The van der Waals surface area contributed by atoms with Crippen molar-refractivity contribution in [1.82, 2.24) is 9.97 Å². The number of nitrogens with zero attached hydrogens (tertiary/aromatic N) is 4. The molecule has 0 aliphatic carbocycles. The van der Waals surface area contributed by atoms with Crippen molar-refractivity contribution in [1.29, 1.82) is 5.26 Å². The Labute approximate surface area is 164 Å². The third-order valence-electron chi connectivity index (χ3n) is 4.28. The van der Waals surface area contributed by atoms with Gasteiger partial charge in [-0.2, -0.15) is 5.26 Å². The van der Waals surface area contributed by atoms with E-state index in [1.54, 1.807) is 30.5 Å². The van der Waals surface area contributed by atoms with Crippen molar-refractivity contribution in [3.63, 3.8) is 0 Å². The molecule has 0 atom stereocenters. The number of anilines is 2. The molecule has 1 heterocycles. The lowest BCUT2D eigenvalue weighted by atomic mass is 10.2. The topological polar surface area (TPSA) is 81.9 Å². The Morgan fingerprint density at radius 2 is 1.79 bits per heavy atom. The highest BCUT2D eigenvalue weighted by molar-refractivity contribution is 6.03. The summed E-state index contributed by atoms with van der Waals surface area (Å²) in [7, 11) is 0. The maximum atomic E-state index is 12.5. The largest absolute Gasteiger partial charge is 0.349 e. The zero-order chi connectivity index (χ0) is 19.9. The van der Waals surface area contributed by atoms with Crippen LogP contribution in [0.15, 0.2) is 67.0 Å². The van der Waals surface area contributed by atoms with Crippen LogP contribution in [0.1, 0.15) is 35.5 Å². The smallest absolute Gasteiger partial charge is 0.275 e. The van der Waals surface area contributed by atoms with Crippen molar-refractivity contribution < 1.29 is 4.79 Å². The number of benzene rings is 2. The second-order valence-electron chi connectivity index (χ2n) is 6.58. The van der Waals surface area contributed by atoms with Gasteiger partial charge in [-0.1, -0.05) is 42.5 Å². The number of carbonyl (C=O) groups excluding carboxylic acids is 1. The summed E-state index contributed by atoms with van der Waals surface area (Å²) in [5.41, 5.74) is 2.22. The van der Waals surface area contributed by atoms with Gasteiger partial charge in [-0.3, -0.25) is 4.79 Å². The van der Waals surface area contributed by atoms with Crippen LogP contribution in [0.25, 0.3) is 0 Å². The quantitative estimate of drug-likeness (QED) is 0.708. The number of nitrogens with one attached hydrogen (secondary N) is 1. The maximum Gasteiger partial charge on any atom is 0.275 e. The third kappa shape index (κ3) is 4.51. The summed E-state index contributed by atoms with van der Waals surface area (Å²) in [6.07, 6.45) is 3.06. The second-order valence-corrected chi connectivity index (χ2v) is 6.58. The van der Waals surface area contributed by atoms with Gasteiger partial charge >= 0.3 is 0 Å². The summed E-state index contributed by atoms with van der Waals surface area (Å²) in [5.74, 6) is 0.300. The lowest BCUT2D eigenvalue weighted by Gasteiger charge is -2.27. The van der Waals surface area contributed by atoms with Crippen LogP contribution in [-0.2, 0) is 6.54 Å². The molecule has 0 fully saturated rings. The van der Waals surface area contributed by atoms with Gasteiger partial charge in [0.15, 0.2) is 0 Å². The molecule has 0 radical (unpaired) electrons. The van der Waals surface area contributed by atoms with E-state index in [9.17, 15) is 4.79 Å². The Bertz CT molecular complexity index is 978. The molecule has 1 N–H and O–H groups in total. The Morgan fingerprint density at radius 3 is 2.43 bits per heavy atom. The SMILES string of the molecule is CC(C)N(Cc1ccccc1)c1cnc(C(=O)Nc2ccccc2C#N)cn1. The summed E-state index contributed by atoms with van der Waals surface area (Å²) in [5, 5.41) is 11.8. The summed E-state index contributed by atoms with van der Waals surface area (Å²) in [6.45, 7) is 4.88. The molecule has 140 valence electrons. The van der Waals surface area contributed by atoms with Gasteiger partial charge in [0.05, 0.1) is 23.6 Å². The van der Waals surface area contributed by atoms with Crippen molar-refractivity contribution in [2.75, 3.05) is 10.2 Å². The predicted octanol–water partition coefficient (Wildman–Crippen LogP) is 4.02. The molecule has 0 saturated carbocycles. The van der Waals surface area contributed by atoms with Gasteiger partial charge in [-0.05, 0) is 31.5 Å². The molecule has 6 heteroatoms. The van der Waals surface area contributed by atoms with Crippen LogP contribution >= 0.6 is 0 Å². The van der Waals surface area contributed by atoms with E-state index in [1.165, 1.54) is 11.8 Å². The van der Waals surface area contributed by atoms with Gasteiger partial charge in [0.1, 0.15) is 17.6 Å². The molecule has 0 unspecified atom stereocenters. The van der Waals surface area contributed by atoms with Gasteiger partial charge in [0.25, 0.3) is 5.91 Å². The second kappa shape index (κ2) is 8.78. The predicted molar refractivity (Wildman–Crippen MR) is 109 cm³/mol. The Kier molecular flexibility index (Phi) is 5.97. The van der Waals surface area contributed by atoms with Crippen LogP contribution in [0.3, 0.4) is 0 Å². The third-order valence-corrected chi connectivity index (χ3v) is 4.28. The number of nitriles is 1. The highest BCUT2D eigenvalue weighted by Gasteiger charge is 2.15. The van der Waals surface area contributed by atoms with Crippen molar-refractivity contribution in [3.05, 3.63) is 83.8 Å². The molecular formula is C22H21N5O. The van der Waals surface area contributed by atoms with E-state index in [-0.39, 0.29) is 11.7 Å². The van der Waals surface area contributed by atoms with E-state index in [2.05, 4.69) is 52.2 Å². The lowest BCUT2D eigenvalue weighted by molar-refractivity contribution is 0.102. The van der Waals surface area contributed by atoms with Crippen LogP contribution in [0.4, 0.5) is 11.5 Å². The Morgan fingerprint density at radius 1 is 1.07 bits per heavy atom. The molecule has 6 nitrogen and oxygen atoms in total. The molecule has 2 aromatic carbocycles. The first-order valence-electron chi connectivity index (χ1n) is 9.01. The number of hydrogen-bond acceptors (Lipinski definition) is 5. The average Bonchev–Trinajstić information content (AvgIpc) is 2.73. The number of para-hydroxylation sites is 1. The van der Waals surface area contributed by atoms with Crippen LogP contribution in [0.2, 0.25) is 0 Å². The van der Waals surface area contributed by atoms with E-state index < -0.39 is 5.91 Å². The van der Waals surface area contributed by atoms with Gasteiger partial charge in [-0.15, -0.1) is 0 Å². The van der Waals surface area contributed by atoms with Crippen LogP contribution in [-0.4, -0.2) is 21.9 Å². The summed E-state index contributed by atoms with van der Waals surface area (Å²) >= 11 is 0. The molecular weight excluding hydrogens is 350 g/mol. The highest BCUT2D eigenvalue weighted by atomic mass is 16.1. The standard InChI is InChI=1S/C22H21N5O/c1-16(2)27(15-17-8-4-3-5-9-17)21-14-24-20(13-25-21)22(28)26-19-11-7-6-10-18(19)12-23/h3-11,13-14,16H,15H2,1-2H3,(H,26,28). The minimum atomic E-state index is -0.402. The monoisotopic (exact) mass is 371 g/mol. The molecule has 1 aromatic heterocycles. The van der Waals surface area contributed by atoms with Crippen LogP contribution < -0.4 is 10.2 Å². The molecule has 0 aliphatic heterocycles. The number of rotatable bonds is 6. The fraction of sp³-hybridized carbons (Fsp3) is 0.182. The molecule has 1 amide bonds. The van der Waals surface area contributed by atoms with Gasteiger partial charge < -0.3 is 10.2 Å². The van der Waals surface area contributed by atoms with Crippen molar-refractivity contribution in [3.8, 4) is 6.07 Å². The minimum Gasteiger partial charge on any atom is -0.349 e. The summed E-state index contributed by atoms with van der Waals surface area (Å²) < 4.78 is 0. The summed E-state index contributed by atoms with van der Waals surface area (Å²) in [6, 6.07) is 19.2. The molecule has 0 aliphatic rings. The van der Waals surface area contributed by atoms with Crippen LogP contribution in [0.5, 0.6) is 0 Å². The average molecular weight is 371 g/mol. The number of hydrogen-bond donors (Lipinski definition) is 1. The van der Waals surface area contributed by atoms with Gasteiger partial charge in [0.2, 0.25) is 0 Å². The first-order chi connectivity index (χ1) is 13.6. The molecule has 3 aromatic rings. The molecule has 28 heavy (non-hydrogen) atoms. The van der Waals surface area contributed by atoms with Crippen molar-refractivity contribution >= 4 is 17.4 Å². The summed E-state index contributed by atoms with van der Waals surface area (Å²) in [4.78, 5) is 23.3. The van der Waals surface area contributed by atoms with E-state index in [0.717, 1.165) is 0 Å². The highest BCUT2D eigenvalue weighted by Crippen LogP contribution is 2.18. The fourth-order valence-corrected chi connectivity index (χ4v) is 2.77. The minimum absolute atomic E-state index is 0.194. The fourth-order valence-electron chi connectivity index (χ4n) is 2.77. The maximum absolute atomic E-state index is 12.5. The van der Waals surface area contributed by atoms with Crippen molar-refractivity contribution in [2.45, 2.75) is 26.4 Å². The zero-order valence-electron chi connectivity index (χ0n) is 15.8.